The second-order valence-corrected chi connectivity index (χ2v) is 5.56. The zero-order valence-corrected chi connectivity index (χ0v) is 8.25. The summed E-state index contributed by atoms with van der Waals surface area (Å²) in [6, 6.07) is 0. The van der Waals surface area contributed by atoms with Crippen LogP contribution in [0.15, 0.2) is 12.7 Å². The number of hydrogen-bond donors (Lipinski definition) is 3. The van der Waals surface area contributed by atoms with E-state index in [0.717, 1.165) is 6.66 Å². The molecular weight excluding hydrogens is 191 g/mol. The van der Waals surface area contributed by atoms with Crippen LogP contribution in [0.3, 0.4) is 0 Å². The molecule has 1 fully saturated rings. The minimum absolute atomic E-state index is 0.00278. The van der Waals surface area contributed by atoms with Gasteiger partial charge in [0.05, 0.1) is 5.66 Å². The highest BCUT2D eigenvalue weighted by Crippen LogP contribution is 2.43. The summed E-state index contributed by atoms with van der Waals surface area (Å²) in [6.45, 7) is 4.51. The molecule has 0 aromatic carbocycles. The average molecular weight is 204 g/mol. The highest BCUT2D eigenvalue weighted by molar-refractivity contribution is 7.74. The lowest BCUT2D eigenvalue weighted by Gasteiger charge is -2.14. The van der Waals surface area contributed by atoms with Crippen LogP contribution < -0.4 is 11.1 Å². The van der Waals surface area contributed by atoms with E-state index in [1.165, 1.54) is 0 Å². The average Bonchev–Trinajstić information content (AvgIpc) is 2.59. The van der Waals surface area contributed by atoms with Gasteiger partial charge in [-0.1, -0.05) is 6.08 Å². The zero-order chi connectivity index (χ0) is 10.3. The lowest BCUT2D eigenvalue weighted by molar-refractivity contribution is 0.250. The number of amides is 1. The molecule has 1 aliphatic rings. The van der Waals surface area contributed by atoms with Gasteiger partial charge >= 0.3 is 5.65 Å². The molecule has 0 heterocycles. The molecule has 5 nitrogen and oxygen atoms in total. The molecule has 1 rings (SSSR count). The molecule has 3 atom stereocenters. The Kier molecular flexibility index (Phi) is 2.36. The first kappa shape index (κ1) is 10.4. The van der Waals surface area contributed by atoms with Crippen molar-refractivity contribution in [3.63, 3.8) is 0 Å². The number of nitrogens with two attached hydrogens (primary N) is 1. The Morgan fingerprint density at radius 3 is 2.77 bits per heavy atom. The Labute approximate surface area is 76.5 Å². The van der Waals surface area contributed by atoms with E-state index in [9.17, 15) is 9.36 Å². The van der Waals surface area contributed by atoms with E-state index in [4.69, 9.17) is 10.6 Å². The molecule has 0 aliphatic heterocycles. The number of hydrogen-bond acceptors (Lipinski definition) is 3. The summed E-state index contributed by atoms with van der Waals surface area (Å²) in [6.07, 6.45) is 2.19. The van der Waals surface area contributed by atoms with Gasteiger partial charge in [0.25, 0.3) is 7.37 Å². The maximum atomic E-state index is 11.0. The van der Waals surface area contributed by atoms with Crippen LogP contribution in [0.2, 0.25) is 0 Å². The Balaban J connectivity index is 2.57. The van der Waals surface area contributed by atoms with Crippen molar-refractivity contribution in [3.05, 3.63) is 12.7 Å². The highest BCUT2D eigenvalue weighted by atomic mass is 31.2. The van der Waals surface area contributed by atoms with E-state index < -0.39 is 18.7 Å². The summed E-state index contributed by atoms with van der Waals surface area (Å²) in [5.41, 5.74) is 3.92. The van der Waals surface area contributed by atoms with Crippen molar-refractivity contribution in [1.29, 1.82) is 0 Å². The van der Waals surface area contributed by atoms with Crippen LogP contribution >= 0.6 is 7.37 Å². The highest BCUT2D eigenvalue weighted by Gasteiger charge is 2.51. The standard InChI is InChI=1S/C7H13N2O3P/c1-3-5-4-7(5,8)9-6(10)13(2,11)12/h3,5H,1,4,8H2,2H3,(H,9,10)(H,11,12). The lowest BCUT2D eigenvalue weighted by Crippen LogP contribution is -2.44. The molecule has 1 saturated carbocycles. The monoisotopic (exact) mass is 204 g/mol. The predicted octanol–water partition coefficient (Wildman–Crippen LogP) is 0.457. The summed E-state index contributed by atoms with van der Waals surface area (Å²) in [5.74, 6) is 0.00278. The van der Waals surface area contributed by atoms with Crippen molar-refractivity contribution in [2.75, 3.05) is 6.66 Å². The van der Waals surface area contributed by atoms with Crippen molar-refractivity contribution in [1.82, 2.24) is 5.32 Å². The topological polar surface area (TPSA) is 92.4 Å². The molecule has 0 aromatic heterocycles. The normalized spacial score (nSPS) is 36.1. The van der Waals surface area contributed by atoms with Gasteiger partial charge in [0.15, 0.2) is 0 Å². The molecule has 0 bridgehead atoms. The van der Waals surface area contributed by atoms with Gasteiger partial charge in [-0.3, -0.25) is 9.36 Å². The van der Waals surface area contributed by atoms with Gasteiger partial charge in [-0.05, 0) is 6.42 Å². The Morgan fingerprint density at radius 1 is 1.92 bits per heavy atom. The Morgan fingerprint density at radius 2 is 2.46 bits per heavy atom. The largest absolute Gasteiger partial charge is 0.338 e. The molecule has 1 amide bonds. The van der Waals surface area contributed by atoms with Gasteiger partial charge in [0, 0.05) is 12.6 Å². The van der Waals surface area contributed by atoms with Crippen molar-refractivity contribution in [3.8, 4) is 0 Å². The van der Waals surface area contributed by atoms with Crippen LogP contribution in [0, 0.1) is 5.92 Å². The number of carbonyl (C=O) groups is 1. The van der Waals surface area contributed by atoms with E-state index in [1.807, 2.05) is 0 Å². The number of carbonyl (C=O) groups excluding carboxylic acids is 1. The second-order valence-electron chi connectivity index (χ2n) is 3.40. The number of rotatable bonds is 3. The summed E-state index contributed by atoms with van der Waals surface area (Å²) >= 11 is 0. The third kappa shape index (κ3) is 2.18. The van der Waals surface area contributed by atoms with Crippen molar-refractivity contribution in [2.45, 2.75) is 12.1 Å². The molecule has 6 heteroatoms. The Hall–Kier alpha value is -0.640. The maximum Gasteiger partial charge on any atom is 0.306 e. The summed E-state index contributed by atoms with van der Waals surface area (Å²) < 4.78 is 10.9. The third-order valence-electron chi connectivity index (χ3n) is 2.06. The molecule has 74 valence electrons. The molecular formula is C7H13N2O3P. The van der Waals surface area contributed by atoms with Gasteiger partial charge in [-0.2, -0.15) is 0 Å². The van der Waals surface area contributed by atoms with Gasteiger partial charge < -0.3 is 15.9 Å². The van der Waals surface area contributed by atoms with Crippen LogP contribution in [0.4, 0.5) is 4.79 Å². The predicted molar refractivity (Wildman–Crippen MR) is 49.5 cm³/mol. The van der Waals surface area contributed by atoms with Crippen molar-refractivity contribution in [2.24, 2.45) is 11.7 Å². The maximum absolute atomic E-state index is 11.0. The fourth-order valence-electron chi connectivity index (χ4n) is 1.05. The molecule has 4 N–H and O–H groups in total. The smallest absolute Gasteiger partial charge is 0.306 e. The van der Waals surface area contributed by atoms with Gasteiger partial charge in [0.2, 0.25) is 0 Å². The van der Waals surface area contributed by atoms with Crippen molar-refractivity contribution >= 4 is 13.0 Å². The van der Waals surface area contributed by atoms with E-state index in [-0.39, 0.29) is 5.92 Å². The molecule has 13 heavy (non-hydrogen) atoms. The summed E-state index contributed by atoms with van der Waals surface area (Å²) in [7, 11) is -3.71. The van der Waals surface area contributed by atoms with E-state index in [1.54, 1.807) is 6.08 Å². The van der Waals surface area contributed by atoms with Gasteiger partial charge in [-0.15, -0.1) is 6.58 Å². The van der Waals surface area contributed by atoms with E-state index >= 15 is 0 Å². The summed E-state index contributed by atoms with van der Waals surface area (Å²) in [5, 5.41) is 2.33. The van der Waals surface area contributed by atoms with Crippen LogP contribution in [0.1, 0.15) is 6.42 Å². The van der Waals surface area contributed by atoms with Crippen LogP contribution in [-0.2, 0) is 4.57 Å². The van der Waals surface area contributed by atoms with E-state index in [2.05, 4.69) is 11.9 Å². The molecule has 1 aliphatic carbocycles. The van der Waals surface area contributed by atoms with Crippen LogP contribution in [0.25, 0.3) is 0 Å². The fraction of sp³-hybridized carbons (Fsp3) is 0.571. The molecule has 0 aromatic rings. The summed E-state index contributed by atoms with van der Waals surface area (Å²) in [4.78, 5) is 19.9. The minimum Gasteiger partial charge on any atom is -0.338 e. The number of nitrogens with one attached hydrogen (secondary N) is 1. The molecule has 0 radical (unpaired) electrons. The molecule has 3 unspecified atom stereocenters. The first-order valence-corrected chi connectivity index (χ1v) is 5.95. The SMILES string of the molecule is C=CC1CC1(N)NC(=O)P(C)(=O)O. The quantitative estimate of drug-likeness (QED) is 0.353. The molecule has 0 saturated heterocycles. The fourth-order valence-corrected chi connectivity index (χ4v) is 1.46. The van der Waals surface area contributed by atoms with Gasteiger partial charge in [0.1, 0.15) is 0 Å². The third-order valence-corrected chi connectivity index (χ3v) is 2.93. The lowest BCUT2D eigenvalue weighted by atomic mass is 10.3. The van der Waals surface area contributed by atoms with Gasteiger partial charge in [-0.25, -0.2) is 0 Å². The Bertz CT molecular complexity index is 298. The van der Waals surface area contributed by atoms with E-state index in [0.29, 0.717) is 6.42 Å². The second kappa shape index (κ2) is 2.94. The minimum atomic E-state index is -3.71. The van der Waals surface area contributed by atoms with Crippen LogP contribution in [-0.4, -0.2) is 22.9 Å². The first-order valence-electron chi connectivity index (χ1n) is 3.84. The molecule has 0 spiro atoms. The zero-order valence-electron chi connectivity index (χ0n) is 7.36. The van der Waals surface area contributed by atoms with Crippen LogP contribution in [0.5, 0.6) is 0 Å². The first-order chi connectivity index (χ1) is 5.79. The van der Waals surface area contributed by atoms with Crippen molar-refractivity contribution < 1.29 is 14.3 Å².